The van der Waals surface area contributed by atoms with Gasteiger partial charge >= 0.3 is 0 Å². The molecule has 0 radical (unpaired) electrons. The Kier molecular flexibility index (Phi) is 4.78. The largest absolute Gasteiger partial charge is 0.381 e. The molecule has 1 aromatic heterocycles. The van der Waals surface area contributed by atoms with Crippen molar-refractivity contribution in [3.8, 4) is 0 Å². The summed E-state index contributed by atoms with van der Waals surface area (Å²) in [5.74, 6) is 0.720. The van der Waals surface area contributed by atoms with Gasteiger partial charge in [-0.05, 0) is 30.2 Å². The van der Waals surface area contributed by atoms with Crippen LogP contribution in [0.1, 0.15) is 37.6 Å². The molecule has 4 heteroatoms. The second kappa shape index (κ2) is 6.34. The van der Waals surface area contributed by atoms with Crippen LogP contribution in [0, 0.1) is 11.8 Å². The third-order valence-electron chi connectivity index (χ3n) is 3.41. The van der Waals surface area contributed by atoms with Crippen LogP contribution in [0.3, 0.4) is 0 Å². The van der Waals surface area contributed by atoms with E-state index in [1.807, 2.05) is 6.07 Å². The zero-order chi connectivity index (χ0) is 13.0. The fraction of sp³-hybridized carbons (Fsp3) is 0.643. The Morgan fingerprint density at radius 1 is 1.44 bits per heavy atom. The van der Waals surface area contributed by atoms with E-state index in [0.29, 0.717) is 19.1 Å². The normalized spacial score (nSPS) is 18.8. The molecule has 1 N–H and O–H groups in total. The first-order chi connectivity index (χ1) is 8.68. The SMILES string of the molecule is CC(C)[C@@H](NC(=O)C1CCOCC1)c1cccs1. The zero-order valence-corrected chi connectivity index (χ0v) is 11.8. The summed E-state index contributed by atoms with van der Waals surface area (Å²) in [6.07, 6.45) is 1.70. The molecule has 1 aliphatic heterocycles. The molecule has 0 saturated carbocycles. The van der Waals surface area contributed by atoms with Gasteiger partial charge in [0, 0.05) is 24.0 Å². The van der Waals surface area contributed by atoms with Crippen molar-refractivity contribution in [2.24, 2.45) is 11.8 Å². The van der Waals surface area contributed by atoms with E-state index in [4.69, 9.17) is 4.74 Å². The molecule has 18 heavy (non-hydrogen) atoms. The van der Waals surface area contributed by atoms with E-state index in [2.05, 4.69) is 30.6 Å². The molecule has 1 aliphatic rings. The van der Waals surface area contributed by atoms with Crippen molar-refractivity contribution in [3.63, 3.8) is 0 Å². The molecular formula is C14H21NO2S. The minimum Gasteiger partial charge on any atom is -0.381 e. The van der Waals surface area contributed by atoms with E-state index in [1.54, 1.807) is 11.3 Å². The molecule has 1 aromatic rings. The lowest BCUT2D eigenvalue weighted by atomic mass is 9.97. The van der Waals surface area contributed by atoms with Gasteiger partial charge in [-0.15, -0.1) is 11.3 Å². The lowest BCUT2D eigenvalue weighted by Gasteiger charge is -2.26. The first-order valence-electron chi connectivity index (χ1n) is 6.60. The molecule has 0 aliphatic carbocycles. The predicted octanol–water partition coefficient (Wildman–Crippen LogP) is 2.99. The van der Waals surface area contributed by atoms with Crippen molar-refractivity contribution < 1.29 is 9.53 Å². The molecule has 1 saturated heterocycles. The highest BCUT2D eigenvalue weighted by molar-refractivity contribution is 7.10. The number of amides is 1. The Morgan fingerprint density at radius 3 is 2.72 bits per heavy atom. The standard InChI is InChI=1S/C14H21NO2S/c1-10(2)13(12-4-3-9-18-12)15-14(16)11-5-7-17-8-6-11/h3-4,9-11,13H,5-8H2,1-2H3,(H,15,16)/t13-/m1/s1. The number of rotatable bonds is 4. The lowest BCUT2D eigenvalue weighted by molar-refractivity contribution is -0.128. The minimum atomic E-state index is 0.125. The molecule has 3 nitrogen and oxygen atoms in total. The Bertz CT molecular complexity index is 369. The summed E-state index contributed by atoms with van der Waals surface area (Å²) >= 11 is 1.71. The molecule has 1 fully saturated rings. The van der Waals surface area contributed by atoms with Crippen molar-refractivity contribution >= 4 is 17.2 Å². The van der Waals surface area contributed by atoms with Gasteiger partial charge in [-0.25, -0.2) is 0 Å². The van der Waals surface area contributed by atoms with Gasteiger partial charge in [-0.2, -0.15) is 0 Å². The highest BCUT2D eigenvalue weighted by Crippen LogP contribution is 2.27. The Morgan fingerprint density at radius 2 is 2.17 bits per heavy atom. The van der Waals surface area contributed by atoms with Gasteiger partial charge in [-0.1, -0.05) is 19.9 Å². The van der Waals surface area contributed by atoms with E-state index in [-0.39, 0.29) is 17.9 Å². The molecule has 0 unspecified atom stereocenters. The molecule has 0 bridgehead atoms. The van der Waals surface area contributed by atoms with Gasteiger partial charge < -0.3 is 10.1 Å². The average Bonchev–Trinajstić information content (AvgIpc) is 2.90. The van der Waals surface area contributed by atoms with Gasteiger partial charge in [-0.3, -0.25) is 4.79 Å². The monoisotopic (exact) mass is 267 g/mol. The second-order valence-electron chi connectivity index (χ2n) is 5.13. The minimum absolute atomic E-state index is 0.125. The number of carbonyl (C=O) groups excluding carboxylic acids is 1. The second-order valence-corrected chi connectivity index (χ2v) is 6.11. The summed E-state index contributed by atoms with van der Waals surface area (Å²) in [4.78, 5) is 13.5. The summed E-state index contributed by atoms with van der Waals surface area (Å²) in [6.45, 7) is 5.72. The van der Waals surface area contributed by atoms with Crippen molar-refractivity contribution in [2.45, 2.75) is 32.7 Å². The fourth-order valence-electron chi connectivity index (χ4n) is 2.27. The van der Waals surface area contributed by atoms with Gasteiger partial charge in [0.15, 0.2) is 0 Å². The lowest BCUT2D eigenvalue weighted by Crippen LogP contribution is -2.38. The topological polar surface area (TPSA) is 38.3 Å². The number of nitrogens with one attached hydrogen (secondary N) is 1. The van der Waals surface area contributed by atoms with Crippen molar-refractivity contribution in [1.82, 2.24) is 5.32 Å². The summed E-state index contributed by atoms with van der Waals surface area (Å²) in [5, 5.41) is 5.27. The third-order valence-corrected chi connectivity index (χ3v) is 4.36. The molecule has 2 heterocycles. The smallest absolute Gasteiger partial charge is 0.223 e. The molecule has 1 amide bonds. The predicted molar refractivity (Wildman–Crippen MR) is 73.6 cm³/mol. The van der Waals surface area contributed by atoms with Crippen LogP contribution in [0.2, 0.25) is 0 Å². The van der Waals surface area contributed by atoms with E-state index in [9.17, 15) is 4.79 Å². The molecule has 100 valence electrons. The summed E-state index contributed by atoms with van der Waals surface area (Å²) in [7, 11) is 0. The molecule has 0 aromatic carbocycles. The summed E-state index contributed by atoms with van der Waals surface area (Å²) in [6, 6.07) is 4.27. The molecule has 0 spiro atoms. The van der Waals surface area contributed by atoms with Gasteiger partial charge in [0.1, 0.15) is 0 Å². The highest BCUT2D eigenvalue weighted by atomic mass is 32.1. The number of carbonyl (C=O) groups is 1. The van der Waals surface area contributed by atoms with Crippen LogP contribution >= 0.6 is 11.3 Å². The first-order valence-corrected chi connectivity index (χ1v) is 7.48. The van der Waals surface area contributed by atoms with Crippen LogP contribution in [-0.2, 0) is 9.53 Å². The van der Waals surface area contributed by atoms with E-state index < -0.39 is 0 Å². The highest BCUT2D eigenvalue weighted by Gasteiger charge is 2.26. The van der Waals surface area contributed by atoms with Crippen molar-refractivity contribution in [3.05, 3.63) is 22.4 Å². The Labute approximate surface area is 113 Å². The summed E-state index contributed by atoms with van der Waals surface area (Å²) in [5.41, 5.74) is 0. The molecule has 1 atom stereocenters. The molecular weight excluding hydrogens is 246 g/mol. The number of thiophene rings is 1. The first kappa shape index (κ1) is 13.6. The third kappa shape index (κ3) is 3.33. The van der Waals surface area contributed by atoms with Crippen LogP contribution < -0.4 is 5.32 Å². The number of hydrogen-bond donors (Lipinski definition) is 1. The molecule has 2 rings (SSSR count). The van der Waals surface area contributed by atoms with E-state index >= 15 is 0 Å². The van der Waals surface area contributed by atoms with Crippen LogP contribution in [0.4, 0.5) is 0 Å². The van der Waals surface area contributed by atoms with Gasteiger partial charge in [0.05, 0.1) is 6.04 Å². The van der Waals surface area contributed by atoms with Gasteiger partial charge in [0.2, 0.25) is 5.91 Å². The average molecular weight is 267 g/mol. The maximum atomic E-state index is 12.2. The van der Waals surface area contributed by atoms with Crippen LogP contribution in [-0.4, -0.2) is 19.1 Å². The summed E-state index contributed by atoms with van der Waals surface area (Å²) < 4.78 is 5.30. The zero-order valence-electron chi connectivity index (χ0n) is 11.0. The number of hydrogen-bond acceptors (Lipinski definition) is 3. The van der Waals surface area contributed by atoms with Crippen molar-refractivity contribution in [2.75, 3.05) is 13.2 Å². The maximum absolute atomic E-state index is 12.2. The van der Waals surface area contributed by atoms with Crippen LogP contribution in [0.15, 0.2) is 17.5 Å². The van der Waals surface area contributed by atoms with E-state index in [0.717, 1.165) is 12.8 Å². The Balaban J connectivity index is 1.98. The van der Waals surface area contributed by atoms with E-state index in [1.165, 1.54) is 4.88 Å². The van der Waals surface area contributed by atoms with Crippen LogP contribution in [0.5, 0.6) is 0 Å². The Hall–Kier alpha value is -0.870. The quantitative estimate of drug-likeness (QED) is 0.910. The fourth-order valence-corrected chi connectivity index (χ4v) is 3.21. The number of ether oxygens (including phenoxy) is 1. The van der Waals surface area contributed by atoms with Gasteiger partial charge in [0.25, 0.3) is 0 Å². The maximum Gasteiger partial charge on any atom is 0.223 e. The van der Waals surface area contributed by atoms with Crippen molar-refractivity contribution in [1.29, 1.82) is 0 Å². The van der Waals surface area contributed by atoms with Crippen LogP contribution in [0.25, 0.3) is 0 Å².